The second kappa shape index (κ2) is 7.93. The van der Waals surface area contributed by atoms with Crippen LogP contribution in [-0.4, -0.2) is 5.97 Å². The molecule has 0 aliphatic rings. The van der Waals surface area contributed by atoms with Crippen molar-refractivity contribution in [3.63, 3.8) is 0 Å². The number of carbonyl (C=O) groups excluding carboxylic acids is 1. The topological polar surface area (TPSA) is 121 Å². The van der Waals surface area contributed by atoms with Gasteiger partial charge in [0.1, 0.15) is 42.0 Å². The Labute approximate surface area is 166 Å². The molecule has 3 aromatic rings. The SMILES string of the molecule is CC(=O)OCc1ccc2c(=C(C#N)C#N)c3ccccc3c(=C(C#N)C#N)c2c1. The largest absolute Gasteiger partial charge is 0.461 e. The van der Waals surface area contributed by atoms with Crippen LogP contribution in [0.2, 0.25) is 0 Å². The van der Waals surface area contributed by atoms with Gasteiger partial charge in [-0.1, -0.05) is 36.4 Å². The Bertz CT molecular complexity index is 1440. The zero-order valence-electron chi connectivity index (χ0n) is 15.4. The van der Waals surface area contributed by atoms with Crippen molar-refractivity contribution in [1.29, 1.82) is 21.0 Å². The number of ether oxygens (including phenoxy) is 1. The van der Waals surface area contributed by atoms with E-state index in [-0.39, 0.29) is 17.8 Å². The van der Waals surface area contributed by atoms with E-state index in [1.54, 1.807) is 42.5 Å². The van der Waals surface area contributed by atoms with E-state index in [1.807, 2.05) is 24.3 Å². The fraction of sp³-hybridized carbons (Fsp3) is 0.0870. The smallest absolute Gasteiger partial charge is 0.302 e. The molecule has 29 heavy (non-hydrogen) atoms. The maximum absolute atomic E-state index is 11.2. The van der Waals surface area contributed by atoms with E-state index in [9.17, 15) is 25.8 Å². The van der Waals surface area contributed by atoms with Crippen LogP contribution in [-0.2, 0) is 16.1 Å². The van der Waals surface area contributed by atoms with Crippen molar-refractivity contribution in [3.8, 4) is 24.3 Å². The van der Waals surface area contributed by atoms with Gasteiger partial charge in [0, 0.05) is 17.4 Å². The molecular weight excluding hydrogens is 364 g/mol. The summed E-state index contributed by atoms with van der Waals surface area (Å²) in [6, 6.07) is 19.9. The summed E-state index contributed by atoms with van der Waals surface area (Å²) in [5.41, 5.74) is 0.500. The molecule has 0 aromatic heterocycles. The van der Waals surface area contributed by atoms with Crippen molar-refractivity contribution in [1.82, 2.24) is 0 Å². The van der Waals surface area contributed by atoms with Crippen molar-refractivity contribution in [3.05, 3.63) is 58.5 Å². The highest BCUT2D eigenvalue weighted by Crippen LogP contribution is 2.18. The molecule has 0 radical (unpaired) electrons. The first-order chi connectivity index (χ1) is 14.0. The molecule has 0 atom stereocenters. The molecule has 0 unspecified atom stereocenters. The molecule has 0 aliphatic heterocycles. The highest BCUT2D eigenvalue weighted by atomic mass is 16.5. The Hall–Kier alpha value is -4.65. The van der Waals surface area contributed by atoms with Crippen LogP contribution in [0.15, 0.2) is 42.5 Å². The predicted octanol–water partition coefficient (Wildman–Crippen LogP) is 2.45. The van der Waals surface area contributed by atoms with Gasteiger partial charge in [0.05, 0.1) is 0 Å². The van der Waals surface area contributed by atoms with Crippen molar-refractivity contribution < 1.29 is 9.53 Å². The van der Waals surface area contributed by atoms with Crippen LogP contribution in [0.1, 0.15) is 12.5 Å². The number of nitriles is 4. The summed E-state index contributed by atoms with van der Waals surface area (Å²) < 4.78 is 5.05. The number of rotatable bonds is 2. The van der Waals surface area contributed by atoms with Gasteiger partial charge in [-0.25, -0.2) is 0 Å². The third-order valence-corrected chi connectivity index (χ3v) is 4.48. The fourth-order valence-electron chi connectivity index (χ4n) is 3.31. The van der Waals surface area contributed by atoms with E-state index in [2.05, 4.69) is 0 Å². The van der Waals surface area contributed by atoms with Crippen molar-refractivity contribution >= 4 is 38.7 Å². The molecule has 6 nitrogen and oxygen atoms in total. The highest BCUT2D eigenvalue weighted by Gasteiger charge is 2.13. The zero-order valence-corrected chi connectivity index (χ0v) is 15.4. The second-order valence-electron chi connectivity index (χ2n) is 6.15. The lowest BCUT2D eigenvalue weighted by Crippen LogP contribution is -2.18. The van der Waals surface area contributed by atoms with E-state index in [4.69, 9.17) is 4.74 Å². The van der Waals surface area contributed by atoms with Gasteiger partial charge in [-0.05, 0) is 33.2 Å². The minimum atomic E-state index is -0.435. The van der Waals surface area contributed by atoms with Gasteiger partial charge < -0.3 is 4.74 Å². The number of hydrogen-bond donors (Lipinski definition) is 0. The molecule has 0 amide bonds. The Morgan fingerprint density at radius 3 is 1.76 bits per heavy atom. The lowest BCUT2D eigenvalue weighted by molar-refractivity contribution is -0.142. The third-order valence-electron chi connectivity index (χ3n) is 4.48. The molecule has 136 valence electrons. The molecule has 0 saturated carbocycles. The monoisotopic (exact) mass is 376 g/mol. The normalized spacial score (nSPS) is 9.69. The maximum atomic E-state index is 11.2. The minimum Gasteiger partial charge on any atom is -0.461 e. The molecule has 3 rings (SSSR count). The first-order valence-electron chi connectivity index (χ1n) is 8.51. The summed E-state index contributed by atoms with van der Waals surface area (Å²) in [6.45, 7) is 1.32. The van der Waals surface area contributed by atoms with E-state index in [0.717, 1.165) is 0 Å². The quantitative estimate of drug-likeness (QED) is 0.500. The summed E-state index contributed by atoms with van der Waals surface area (Å²) in [4.78, 5) is 11.2. The Morgan fingerprint density at radius 1 is 0.793 bits per heavy atom. The average Bonchev–Trinajstić information content (AvgIpc) is 2.74. The van der Waals surface area contributed by atoms with Gasteiger partial charge in [-0.15, -0.1) is 0 Å². The number of benzene rings is 3. The van der Waals surface area contributed by atoms with E-state index in [0.29, 0.717) is 37.5 Å². The Kier molecular flexibility index (Phi) is 5.23. The standard InChI is InChI=1S/C23H12N4O2/c1-14(28)29-13-15-6-7-20-21(8-15)23(17(11-26)12-27)19-5-3-2-4-18(19)22(20)16(9-24)10-25/h2-8H,13H2,1H3. The molecule has 0 fully saturated rings. The summed E-state index contributed by atoms with van der Waals surface area (Å²) in [7, 11) is 0. The lowest BCUT2D eigenvalue weighted by atomic mass is 9.93. The number of hydrogen-bond acceptors (Lipinski definition) is 6. The van der Waals surface area contributed by atoms with Crippen LogP contribution in [0.3, 0.4) is 0 Å². The van der Waals surface area contributed by atoms with Crippen LogP contribution < -0.4 is 10.4 Å². The number of esters is 1. The Balaban J connectivity index is 2.70. The van der Waals surface area contributed by atoms with Crippen LogP contribution in [0, 0.1) is 45.3 Å². The van der Waals surface area contributed by atoms with E-state index >= 15 is 0 Å². The fourth-order valence-corrected chi connectivity index (χ4v) is 3.31. The third kappa shape index (κ3) is 3.35. The first kappa shape index (κ1) is 19.1. The van der Waals surface area contributed by atoms with Gasteiger partial charge in [0.2, 0.25) is 0 Å². The van der Waals surface area contributed by atoms with Gasteiger partial charge in [0.25, 0.3) is 0 Å². The number of nitrogens with zero attached hydrogens (tertiary/aromatic N) is 4. The molecule has 3 aromatic carbocycles. The molecule has 0 bridgehead atoms. The van der Waals surface area contributed by atoms with Gasteiger partial charge in [0.15, 0.2) is 0 Å². The summed E-state index contributed by atoms with van der Waals surface area (Å²) in [6.07, 6.45) is 0. The molecule has 6 heteroatoms. The molecule has 0 saturated heterocycles. The number of fused-ring (bicyclic) bond motifs is 2. The lowest BCUT2D eigenvalue weighted by Gasteiger charge is -2.10. The van der Waals surface area contributed by atoms with Crippen LogP contribution in [0.25, 0.3) is 32.7 Å². The van der Waals surface area contributed by atoms with Gasteiger partial charge in [-0.2, -0.15) is 21.0 Å². The molecule has 0 spiro atoms. The van der Waals surface area contributed by atoms with Crippen molar-refractivity contribution in [2.45, 2.75) is 13.5 Å². The van der Waals surface area contributed by atoms with Gasteiger partial charge >= 0.3 is 5.97 Å². The highest BCUT2D eigenvalue weighted by molar-refractivity contribution is 6.05. The molecule has 0 N–H and O–H groups in total. The van der Waals surface area contributed by atoms with Gasteiger partial charge in [-0.3, -0.25) is 4.79 Å². The van der Waals surface area contributed by atoms with Crippen LogP contribution >= 0.6 is 0 Å². The molecular formula is C23H12N4O2. The summed E-state index contributed by atoms with van der Waals surface area (Å²) >= 11 is 0. The predicted molar refractivity (Wildman–Crippen MR) is 105 cm³/mol. The van der Waals surface area contributed by atoms with Crippen molar-refractivity contribution in [2.24, 2.45) is 0 Å². The first-order valence-corrected chi connectivity index (χ1v) is 8.51. The van der Waals surface area contributed by atoms with Crippen LogP contribution in [0.4, 0.5) is 0 Å². The Morgan fingerprint density at radius 2 is 1.28 bits per heavy atom. The number of carbonyl (C=O) groups is 1. The maximum Gasteiger partial charge on any atom is 0.302 e. The van der Waals surface area contributed by atoms with Crippen LogP contribution in [0.5, 0.6) is 0 Å². The van der Waals surface area contributed by atoms with E-state index < -0.39 is 5.97 Å². The molecule has 0 heterocycles. The second-order valence-corrected chi connectivity index (χ2v) is 6.15. The summed E-state index contributed by atoms with van der Waals surface area (Å²) in [5, 5.41) is 41.2. The average molecular weight is 376 g/mol. The molecule has 0 aliphatic carbocycles. The minimum absolute atomic E-state index is 0.0222. The van der Waals surface area contributed by atoms with Crippen molar-refractivity contribution in [2.75, 3.05) is 0 Å². The zero-order chi connectivity index (χ0) is 21.0. The summed E-state index contributed by atoms with van der Waals surface area (Å²) in [5.74, 6) is -0.435. The van der Waals surface area contributed by atoms with E-state index in [1.165, 1.54) is 6.92 Å².